The van der Waals surface area contributed by atoms with Crippen molar-refractivity contribution in [1.82, 2.24) is 9.97 Å². The molecule has 0 radical (unpaired) electrons. The van der Waals surface area contributed by atoms with Crippen LogP contribution in [0.15, 0.2) is 27.7 Å². The van der Waals surface area contributed by atoms with Gasteiger partial charge in [-0.2, -0.15) is 0 Å². The van der Waals surface area contributed by atoms with Crippen LogP contribution in [-0.2, 0) is 0 Å². The molecule has 0 spiro atoms. The average Bonchev–Trinajstić information content (AvgIpc) is 2.70. The van der Waals surface area contributed by atoms with Gasteiger partial charge in [-0.15, -0.1) is 0 Å². The Hall–Kier alpha value is -1.11. The highest BCUT2D eigenvalue weighted by atomic mass is 79.9. The van der Waals surface area contributed by atoms with E-state index >= 15 is 0 Å². The summed E-state index contributed by atoms with van der Waals surface area (Å²) in [5.74, 6) is -0.427. The summed E-state index contributed by atoms with van der Waals surface area (Å²) < 4.78 is 5.26. The van der Waals surface area contributed by atoms with E-state index in [1.54, 1.807) is 0 Å². The first-order valence-electron chi connectivity index (χ1n) is 4.30. The Kier molecular flexibility index (Phi) is 3.66. The molecule has 1 amide bonds. The first kappa shape index (κ1) is 12.3. The standard InChI is InChI=1S/C9H4BrCl2N3O2/c10-6-4(1-2-17-6)9(16)15-5-7(11)13-3-14-8(5)12/h1-3H,(H,15,16). The van der Waals surface area contributed by atoms with Crippen molar-refractivity contribution < 1.29 is 9.21 Å². The van der Waals surface area contributed by atoms with E-state index in [1.807, 2.05) is 0 Å². The summed E-state index contributed by atoms with van der Waals surface area (Å²) in [4.78, 5) is 19.3. The number of anilines is 1. The monoisotopic (exact) mass is 335 g/mol. The molecular weight excluding hydrogens is 333 g/mol. The summed E-state index contributed by atoms with van der Waals surface area (Å²) in [6, 6.07) is 1.50. The van der Waals surface area contributed by atoms with Gasteiger partial charge in [0.15, 0.2) is 15.0 Å². The summed E-state index contributed by atoms with van der Waals surface area (Å²) in [7, 11) is 0. The Morgan fingerprint density at radius 1 is 1.35 bits per heavy atom. The van der Waals surface area contributed by atoms with Crippen LogP contribution >= 0.6 is 39.1 Å². The van der Waals surface area contributed by atoms with Crippen LogP contribution in [0.2, 0.25) is 10.3 Å². The number of furan rings is 1. The van der Waals surface area contributed by atoms with Gasteiger partial charge in [0.1, 0.15) is 12.0 Å². The number of carbonyl (C=O) groups excluding carboxylic acids is 1. The highest BCUT2D eigenvalue weighted by Crippen LogP contribution is 2.27. The zero-order chi connectivity index (χ0) is 12.4. The molecule has 2 aromatic heterocycles. The molecule has 5 nitrogen and oxygen atoms in total. The molecule has 8 heteroatoms. The van der Waals surface area contributed by atoms with E-state index in [9.17, 15) is 4.79 Å². The minimum atomic E-state index is -0.427. The van der Waals surface area contributed by atoms with Gasteiger partial charge in [0.05, 0.1) is 11.8 Å². The van der Waals surface area contributed by atoms with E-state index in [2.05, 4.69) is 31.2 Å². The molecule has 0 atom stereocenters. The van der Waals surface area contributed by atoms with E-state index in [1.165, 1.54) is 18.7 Å². The molecule has 0 saturated carbocycles. The molecule has 0 aliphatic carbocycles. The Morgan fingerprint density at radius 3 is 2.53 bits per heavy atom. The number of hydrogen-bond acceptors (Lipinski definition) is 4. The second-order valence-corrected chi connectivity index (χ2v) is 4.33. The van der Waals surface area contributed by atoms with Gasteiger partial charge < -0.3 is 9.73 Å². The number of halogens is 3. The highest BCUT2D eigenvalue weighted by molar-refractivity contribution is 9.10. The first-order valence-corrected chi connectivity index (χ1v) is 5.85. The third-order valence-electron chi connectivity index (χ3n) is 1.86. The second kappa shape index (κ2) is 5.03. The summed E-state index contributed by atoms with van der Waals surface area (Å²) in [5, 5.41) is 2.64. The van der Waals surface area contributed by atoms with Crippen molar-refractivity contribution in [2.75, 3.05) is 5.32 Å². The van der Waals surface area contributed by atoms with Crippen LogP contribution in [0.1, 0.15) is 10.4 Å². The fraction of sp³-hybridized carbons (Fsp3) is 0. The molecule has 1 N–H and O–H groups in total. The van der Waals surface area contributed by atoms with Crippen LogP contribution in [0.5, 0.6) is 0 Å². The minimum Gasteiger partial charge on any atom is -0.457 e. The molecule has 0 fully saturated rings. The Morgan fingerprint density at radius 2 is 2.00 bits per heavy atom. The largest absolute Gasteiger partial charge is 0.457 e. The van der Waals surface area contributed by atoms with Gasteiger partial charge in [-0.1, -0.05) is 23.2 Å². The van der Waals surface area contributed by atoms with Gasteiger partial charge in [-0.25, -0.2) is 9.97 Å². The summed E-state index contributed by atoms with van der Waals surface area (Å²) in [5.41, 5.74) is 0.481. The SMILES string of the molecule is O=C(Nc1c(Cl)ncnc1Cl)c1ccoc1Br. The van der Waals surface area contributed by atoms with Crippen molar-refractivity contribution in [2.24, 2.45) is 0 Å². The number of hydrogen-bond donors (Lipinski definition) is 1. The molecule has 17 heavy (non-hydrogen) atoms. The van der Waals surface area contributed by atoms with Gasteiger partial charge in [-0.3, -0.25) is 4.79 Å². The lowest BCUT2D eigenvalue weighted by molar-refractivity contribution is 0.102. The lowest BCUT2D eigenvalue weighted by Crippen LogP contribution is -2.13. The van der Waals surface area contributed by atoms with E-state index in [0.717, 1.165) is 0 Å². The predicted octanol–water partition coefficient (Wildman–Crippen LogP) is 3.39. The summed E-state index contributed by atoms with van der Waals surface area (Å²) >= 11 is 14.7. The topological polar surface area (TPSA) is 68.0 Å². The maximum atomic E-state index is 11.8. The molecule has 2 heterocycles. The molecule has 88 valence electrons. The van der Waals surface area contributed by atoms with Crippen LogP contribution in [0.25, 0.3) is 0 Å². The average molecular weight is 337 g/mol. The highest BCUT2D eigenvalue weighted by Gasteiger charge is 2.16. The fourth-order valence-electron chi connectivity index (χ4n) is 1.08. The third-order valence-corrected chi connectivity index (χ3v) is 3.04. The van der Waals surface area contributed by atoms with Gasteiger partial charge in [0.2, 0.25) is 0 Å². The van der Waals surface area contributed by atoms with Gasteiger partial charge in [0.25, 0.3) is 5.91 Å². The molecule has 0 bridgehead atoms. The molecule has 2 rings (SSSR count). The van der Waals surface area contributed by atoms with Crippen LogP contribution < -0.4 is 5.32 Å². The lowest BCUT2D eigenvalue weighted by Gasteiger charge is -2.06. The van der Waals surface area contributed by atoms with Gasteiger partial charge in [0, 0.05) is 0 Å². The predicted molar refractivity (Wildman–Crippen MR) is 66.4 cm³/mol. The van der Waals surface area contributed by atoms with Crippen LogP contribution in [-0.4, -0.2) is 15.9 Å². The van der Waals surface area contributed by atoms with Crippen LogP contribution in [0.3, 0.4) is 0 Å². The van der Waals surface area contributed by atoms with E-state index in [0.29, 0.717) is 10.2 Å². The number of amides is 1. The molecule has 0 unspecified atom stereocenters. The zero-order valence-corrected chi connectivity index (χ0v) is 11.2. The Balaban J connectivity index is 2.28. The van der Waals surface area contributed by atoms with Crippen molar-refractivity contribution >= 4 is 50.7 Å². The van der Waals surface area contributed by atoms with Crippen molar-refractivity contribution in [3.8, 4) is 0 Å². The van der Waals surface area contributed by atoms with Crippen LogP contribution in [0.4, 0.5) is 5.69 Å². The third kappa shape index (κ3) is 2.59. The van der Waals surface area contributed by atoms with Gasteiger partial charge in [-0.05, 0) is 22.0 Å². The maximum Gasteiger partial charge on any atom is 0.260 e. The van der Waals surface area contributed by atoms with Crippen molar-refractivity contribution in [3.63, 3.8) is 0 Å². The summed E-state index contributed by atoms with van der Waals surface area (Å²) in [6.45, 7) is 0. The normalized spacial score (nSPS) is 10.3. The molecule has 2 aromatic rings. The molecule has 0 aliphatic heterocycles. The first-order chi connectivity index (χ1) is 8.09. The van der Waals surface area contributed by atoms with Crippen molar-refractivity contribution in [1.29, 1.82) is 0 Å². The summed E-state index contributed by atoms with van der Waals surface area (Å²) in [6.07, 6.45) is 2.58. The molecule has 0 aromatic carbocycles. The maximum absolute atomic E-state index is 11.8. The fourth-order valence-corrected chi connectivity index (χ4v) is 1.91. The van der Waals surface area contributed by atoms with Gasteiger partial charge >= 0.3 is 0 Å². The van der Waals surface area contributed by atoms with E-state index < -0.39 is 5.91 Å². The zero-order valence-electron chi connectivity index (χ0n) is 8.08. The number of rotatable bonds is 2. The van der Waals surface area contributed by atoms with E-state index in [4.69, 9.17) is 27.6 Å². The molecular formula is C9H4BrCl2N3O2. The van der Waals surface area contributed by atoms with E-state index in [-0.39, 0.29) is 16.0 Å². The quantitative estimate of drug-likeness (QED) is 0.853. The number of nitrogens with zero attached hydrogens (tertiary/aromatic N) is 2. The number of aromatic nitrogens is 2. The van der Waals surface area contributed by atoms with Crippen molar-refractivity contribution in [3.05, 3.63) is 39.2 Å². The van der Waals surface area contributed by atoms with Crippen LogP contribution in [0, 0.1) is 0 Å². The smallest absolute Gasteiger partial charge is 0.260 e. The number of nitrogens with one attached hydrogen (secondary N) is 1. The minimum absolute atomic E-state index is 0.0676. The molecule has 0 aliphatic rings. The second-order valence-electron chi connectivity index (χ2n) is 2.89. The Labute approximate surface area is 114 Å². The lowest BCUT2D eigenvalue weighted by atomic mass is 10.3. The Bertz CT molecular complexity index is 553. The van der Waals surface area contributed by atoms with Crippen molar-refractivity contribution in [2.45, 2.75) is 0 Å². The number of carbonyl (C=O) groups is 1. The molecule has 0 saturated heterocycles.